The third-order valence-electron chi connectivity index (χ3n) is 6.11. The average Bonchev–Trinajstić information content (AvgIpc) is 2.72. The summed E-state index contributed by atoms with van der Waals surface area (Å²) in [5.74, 6) is -1.19. The first kappa shape index (κ1) is 21.8. The number of piperidine rings is 1. The molecular formula is C20H23F4N3O4. The van der Waals surface area contributed by atoms with Crippen LogP contribution in [0.5, 0.6) is 0 Å². The lowest BCUT2D eigenvalue weighted by Gasteiger charge is -2.49. The van der Waals surface area contributed by atoms with Crippen molar-refractivity contribution >= 4 is 11.9 Å². The van der Waals surface area contributed by atoms with Gasteiger partial charge in [-0.15, -0.1) is 0 Å². The molecule has 3 aliphatic heterocycles. The largest absolute Gasteiger partial charge is 0.416 e. The number of hydrogen-bond acceptors (Lipinski definition) is 4. The first-order valence-corrected chi connectivity index (χ1v) is 10.1. The number of nitrogens with zero attached hydrogens (tertiary/aromatic N) is 2. The monoisotopic (exact) mass is 445 g/mol. The molecule has 11 heteroatoms. The van der Waals surface area contributed by atoms with Gasteiger partial charge in [0.15, 0.2) is 0 Å². The lowest BCUT2D eigenvalue weighted by atomic mass is 9.98. The van der Waals surface area contributed by atoms with E-state index in [1.165, 1.54) is 0 Å². The second-order valence-electron chi connectivity index (χ2n) is 8.05. The van der Waals surface area contributed by atoms with Crippen molar-refractivity contribution in [1.29, 1.82) is 0 Å². The number of amides is 3. The number of fused-ring (bicyclic) bond motifs is 1. The Kier molecular flexibility index (Phi) is 5.82. The summed E-state index contributed by atoms with van der Waals surface area (Å²) >= 11 is 0. The number of alkyl halides is 3. The number of morpholine rings is 1. The SMILES string of the molecule is CC1C(OCc2c(F)cccc2C(F)(F)F)CN1C(=O)N1CC[C@@H]2OCC(=O)N[C@@H]2C1. The Morgan fingerprint density at radius 1 is 1.32 bits per heavy atom. The van der Waals surface area contributed by atoms with Crippen LogP contribution in [0.4, 0.5) is 22.4 Å². The number of nitrogens with one attached hydrogen (secondary N) is 1. The molecule has 4 atom stereocenters. The number of urea groups is 1. The highest BCUT2D eigenvalue weighted by atomic mass is 19.4. The Balaban J connectivity index is 1.33. The van der Waals surface area contributed by atoms with Crippen LogP contribution >= 0.6 is 0 Å². The minimum atomic E-state index is -4.68. The molecule has 0 saturated carbocycles. The van der Waals surface area contributed by atoms with Crippen LogP contribution in [0.1, 0.15) is 24.5 Å². The van der Waals surface area contributed by atoms with Crippen LogP contribution in [0.2, 0.25) is 0 Å². The second-order valence-corrected chi connectivity index (χ2v) is 8.05. The second kappa shape index (κ2) is 8.27. The predicted octanol–water partition coefficient (Wildman–Crippen LogP) is 2.14. The molecular weight excluding hydrogens is 422 g/mol. The first-order valence-electron chi connectivity index (χ1n) is 10.1. The highest BCUT2D eigenvalue weighted by molar-refractivity contribution is 5.79. The summed E-state index contributed by atoms with van der Waals surface area (Å²) in [6, 6.07) is 1.93. The van der Waals surface area contributed by atoms with Crippen LogP contribution in [-0.4, -0.2) is 72.3 Å². The van der Waals surface area contributed by atoms with E-state index in [9.17, 15) is 27.2 Å². The molecule has 1 aromatic carbocycles. The maximum Gasteiger partial charge on any atom is 0.416 e. The van der Waals surface area contributed by atoms with Gasteiger partial charge in [-0.3, -0.25) is 4.79 Å². The smallest absolute Gasteiger partial charge is 0.369 e. The predicted molar refractivity (Wildman–Crippen MR) is 99.4 cm³/mol. The van der Waals surface area contributed by atoms with Crippen molar-refractivity contribution in [1.82, 2.24) is 15.1 Å². The van der Waals surface area contributed by atoms with Gasteiger partial charge in [0.2, 0.25) is 5.91 Å². The molecule has 0 aromatic heterocycles. The summed E-state index contributed by atoms with van der Waals surface area (Å²) in [5.41, 5.74) is -1.60. The fraction of sp³-hybridized carbons (Fsp3) is 0.600. The fourth-order valence-electron chi connectivity index (χ4n) is 4.24. The van der Waals surface area contributed by atoms with Gasteiger partial charge < -0.3 is 24.6 Å². The molecule has 31 heavy (non-hydrogen) atoms. The van der Waals surface area contributed by atoms with Gasteiger partial charge in [0.05, 0.1) is 43.0 Å². The van der Waals surface area contributed by atoms with Crippen molar-refractivity contribution in [2.45, 2.75) is 50.4 Å². The van der Waals surface area contributed by atoms with E-state index in [-0.39, 0.29) is 43.3 Å². The lowest BCUT2D eigenvalue weighted by Crippen LogP contribution is -2.67. The maximum absolute atomic E-state index is 14.0. The number of benzene rings is 1. The molecule has 1 N–H and O–H groups in total. The normalized spacial score (nSPS) is 28.6. The average molecular weight is 445 g/mol. The van der Waals surface area contributed by atoms with E-state index in [0.717, 1.165) is 18.2 Å². The zero-order valence-electron chi connectivity index (χ0n) is 16.8. The molecule has 3 heterocycles. The summed E-state index contributed by atoms with van der Waals surface area (Å²) in [4.78, 5) is 27.6. The number of carbonyl (C=O) groups is 2. The fourth-order valence-corrected chi connectivity index (χ4v) is 4.24. The van der Waals surface area contributed by atoms with Crippen molar-refractivity contribution in [2.24, 2.45) is 0 Å². The summed E-state index contributed by atoms with van der Waals surface area (Å²) < 4.78 is 64.4. The first-order chi connectivity index (χ1) is 14.6. The summed E-state index contributed by atoms with van der Waals surface area (Å²) in [6.07, 6.45) is -4.69. The highest BCUT2D eigenvalue weighted by Gasteiger charge is 2.44. The zero-order valence-corrected chi connectivity index (χ0v) is 16.8. The van der Waals surface area contributed by atoms with Crippen LogP contribution in [0.15, 0.2) is 18.2 Å². The number of carbonyl (C=O) groups excluding carboxylic acids is 2. The molecule has 1 aromatic rings. The molecule has 7 nitrogen and oxygen atoms in total. The molecule has 0 aliphatic carbocycles. The van der Waals surface area contributed by atoms with Gasteiger partial charge in [-0.2, -0.15) is 13.2 Å². The van der Waals surface area contributed by atoms with E-state index < -0.39 is 35.8 Å². The number of hydrogen-bond donors (Lipinski definition) is 1. The van der Waals surface area contributed by atoms with E-state index >= 15 is 0 Å². The standard InChI is InChI=1S/C20H23F4N3O4/c1-11-17(30-9-12-13(20(22,23)24)3-2-4-14(12)21)8-27(11)19(29)26-6-5-16-15(7-26)25-18(28)10-31-16/h2-4,11,15-17H,5-10H2,1H3,(H,25,28)/t11?,15-,16+,17?/m1/s1. The van der Waals surface area contributed by atoms with Crippen LogP contribution in [0.25, 0.3) is 0 Å². The summed E-state index contributed by atoms with van der Waals surface area (Å²) in [5, 5.41) is 2.83. The van der Waals surface area contributed by atoms with Gasteiger partial charge in [-0.1, -0.05) is 6.07 Å². The Labute approximate surface area is 176 Å². The van der Waals surface area contributed by atoms with Crippen LogP contribution in [0, 0.1) is 5.82 Å². The van der Waals surface area contributed by atoms with Crippen molar-refractivity contribution in [3.8, 4) is 0 Å². The van der Waals surface area contributed by atoms with E-state index in [2.05, 4.69) is 5.32 Å². The van der Waals surface area contributed by atoms with Gasteiger partial charge in [-0.05, 0) is 25.5 Å². The molecule has 3 aliphatic rings. The van der Waals surface area contributed by atoms with Crippen LogP contribution in [0.3, 0.4) is 0 Å². The zero-order chi connectivity index (χ0) is 22.3. The summed E-state index contributed by atoms with van der Waals surface area (Å²) in [7, 11) is 0. The van der Waals surface area contributed by atoms with Gasteiger partial charge in [0.25, 0.3) is 0 Å². The minimum Gasteiger partial charge on any atom is -0.369 e. The van der Waals surface area contributed by atoms with Crippen molar-refractivity contribution < 1.29 is 36.6 Å². The highest BCUT2D eigenvalue weighted by Crippen LogP contribution is 2.34. The number of halogens is 4. The maximum atomic E-state index is 14.0. The molecule has 0 bridgehead atoms. The minimum absolute atomic E-state index is 0.0232. The third kappa shape index (κ3) is 4.33. The van der Waals surface area contributed by atoms with Gasteiger partial charge in [0, 0.05) is 18.7 Å². The van der Waals surface area contributed by atoms with Gasteiger partial charge in [-0.25, -0.2) is 9.18 Å². The van der Waals surface area contributed by atoms with E-state index in [1.54, 1.807) is 16.7 Å². The van der Waals surface area contributed by atoms with Crippen LogP contribution < -0.4 is 5.32 Å². The van der Waals surface area contributed by atoms with Gasteiger partial charge in [0.1, 0.15) is 12.4 Å². The number of likely N-dealkylation sites (tertiary alicyclic amines) is 2. The molecule has 0 spiro atoms. The molecule has 3 amide bonds. The number of rotatable bonds is 3. The van der Waals surface area contributed by atoms with E-state index in [0.29, 0.717) is 19.5 Å². The van der Waals surface area contributed by atoms with Crippen molar-refractivity contribution in [3.05, 3.63) is 35.1 Å². The van der Waals surface area contributed by atoms with Gasteiger partial charge >= 0.3 is 12.2 Å². The molecule has 0 radical (unpaired) electrons. The Morgan fingerprint density at radius 2 is 2.10 bits per heavy atom. The van der Waals surface area contributed by atoms with Crippen LogP contribution in [-0.2, 0) is 27.1 Å². The van der Waals surface area contributed by atoms with Crippen molar-refractivity contribution in [2.75, 3.05) is 26.2 Å². The Bertz CT molecular complexity index is 865. The lowest BCUT2D eigenvalue weighted by molar-refractivity contribution is -0.142. The van der Waals surface area contributed by atoms with E-state index in [4.69, 9.17) is 9.47 Å². The molecule has 2 unspecified atom stereocenters. The summed E-state index contributed by atoms with van der Waals surface area (Å²) in [6.45, 7) is 2.23. The quantitative estimate of drug-likeness (QED) is 0.724. The topological polar surface area (TPSA) is 71.1 Å². The third-order valence-corrected chi connectivity index (χ3v) is 6.11. The molecule has 3 saturated heterocycles. The van der Waals surface area contributed by atoms with E-state index in [1.807, 2.05) is 0 Å². The Hall–Kier alpha value is -2.40. The van der Waals surface area contributed by atoms with Crippen molar-refractivity contribution in [3.63, 3.8) is 0 Å². The molecule has 3 fully saturated rings. The number of ether oxygens (including phenoxy) is 2. The molecule has 170 valence electrons. The molecule has 4 rings (SSSR count). The Morgan fingerprint density at radius 3 is 2.81 bits per heavy atom.